The van der Waals surface area contributed by atoms with E-state index in [0.29, 0.717) is 24.5 Å². The third-order valence-corrected chi connectivity index (χ3v) is 2.42. The normalized spacial score (nSPS) is 10.6. The fourth-order valence-corrected chi connectivity index (χ4v) is 1.52. The molecule has 1 heterocycles. The first-order valence-corrected chi connectivity index (χ1v) is 5.91. The number of nitrogens with one attached hydrogen (secondary N) is 1. The predicted octanol–water partition coefficient (Wildman–Crippen LogP) is 0.649. The molecule has 1 aromatic heterocycles. The molecule has 0 spiro atoms. The minimum absolute atomic E-state index is 0.165. The van der Waals surface area contributed by atoms with Gasteiger partial charge in [-0.3, -0.25) is 9.59 Å². The maximum Gasteiger partial charge on any atom is 0.328 e. The van der Waals surface area contributed by atoms with Gasteiger partial charge < -0.3 is 15.0 Å². The zero-order chi connectivity index (χ0) is 14.3. The summed E-state index contributed by atoms with van der Waals surface area (Å²) in [5.74, 6) is -1.67. The van der Waals surface area contributed by atoms with Crippen molar-refractivity contribution in [3.8, 4) is 0 Å². The SMILES string of the molecule is O=C(O)/C=C/C(=O)NCCCn1cc(Cl)ccc1=O. The van der Waals surface area contributed by atoms with Crippen LogP contribution in [0.25, 0.3) is 0 Å². The van der Waals surface area contributed by atoms with Gasteiger partial charge in [-0.15, -0.1) is 0 Å². The zero-order valence-corrected chi connectivity index (χ0v) is 10.8. The van der Waals surface area contributed by atoms with Crippen LogP contribution in [0, 0.1) is 0 Å². The van der Waals surface area contributed by atoms with Gasteiger partial charge in [0.15, 0.2) is 0 Å². The molecule has 0 aliphatic heterocycles. The summed E-state index contributed by atoms with van der Waals surface area (Å²) in [7, 11) is 0. The minimum atomic E-state index is -1.18. The van der Waals surface area contributed by atoms with Crippen LogP contribution in [0.15, 0.2) is 35.3 Å². The number of carboxylic acids is 1. The highest BCUT2D eigenvalue weighted by atomic mass is 35.5. The van der Waals surface area contributed by atoms with Crippen LogP contribution in [0.4, 0.5) is 0 Å². The van der Waals surface area contributed by atoms with Gasteiger partial charge in [-0.1, -0.05) is 11.6 Å². The van der Waals surface area contributed by atoms with E-state index in [1.54, 1.807) is 0 Å². The molecule has 0 unspecified atom stereocenters. The van der Waals surface area contributed by atoms with Crippen molar-refractivity contribution < 1.29 is 14.7 Å². The van der Waals surface area contributed by atoms with Crippen LogP contribution in [0.3, 0.4) is 0 Å². The van der Waals surface area contributed by atoms with Crippen molar-refractivity contribution in [3.05, 3.63) is 45.9 Å². The Kier molecular flexibility index (Phi) is 5.81. The van der Waals surface area contributed by atoms with Gasteiger partial charge in [0.25, 0.3) is 5.56 Å². The van der Waals surface area contributed by atoms with Crippen molar-refractivity contribution in [3.63, 3.8) is 0 Å². The molecule has 2 N–H and O–H groups in total. The van der Waals surface area contributed by atoms with Crippen LogP contribution in [-0.2, 0) is 16.1 Å². The average Bonchev–Trinajstić information content (AvgIpc) is 2.36. The quantitative estimate of drug-likeness (QED) is 0.593. The summed E-state index contributed by atoms with van der Waals surface area (Å²) >= 11 is 5.76. The smallest absolute Gasteiger partial charge is 0.328 e. The summed E-state index contributed by atoms with van der Waals surface area (Å²) in [4.78, 5) is 32.7. The molecule has 1 amide bonds. The predicted molar refractivity (Wildman–Crippen MR) is 70.1 cm³/mol. The van der Waals surface area contributed by atoms with Crippen LogP contribution >= 0.6 is 11.6 Å². The number of hydrogen-bond donors (Lipinski definition) is 2. The number of rotatable bonds is 6. The van der Waals surface area contributed by atoms with E-state index in [1.807, 2.05) is 0 Å². The molecule has 19 heavy (non-hydrogen) atoms. The van der Waals surface area contributed by atoms with Gasteiger partial charge in [0.1, 0.15) is 0 Å². The number of aliphatic carboxylic acids is 1. The summed E-state index contributed by atoms with van der Waals surface area (Å²) in [5, 5.41) is 11.3. The largest absolute Gasteiger partial charge is 0.478 e. The summed E-state index contributed by atoms with van der Waals surface area (Å²) in [6.07, 6.45) is 3.76. The van der Waals surface area contributed by atoms with Crippen molar-refractivity contribution in [2.24, 2.45) is 0 Å². The lowest BCUT2D eigenvalue weighted by Crippen LogP contribution is -2.25. The van der Waals surface area contributed by atoms with E-state index in [-0.39, 0.29) is 5.56 Å². The molecule has 0 aromatic carbocycles. The number of carbonyl (C=O) groups is 2. The molecular weight excluding hydrogens is 272 g/mol. The molecular formula is C12H13ClN2O4. The number of nitrogens with zero attached hydrogens (tertiary/aromatic N) is 1. The van der Waals surface area contributed by atoms with E-state index >= 15 is 0 Å². The monoisotopic (exact) mass is 284 g/mol. The van der Waals surface area contributed by atoms with E-state index in [0.717, 1.165) is 12.2 Å². The second-order valence-corrected chi connectivity index (χ2v) is 4.13. The molecule has 7 heteroatoms. The number of halogens is 1. The number of aryl methyl sites for hydroxylation is 1. The summed E-state index contributed by atoms with van der Waals surface area (Å²) < 4.78 is 1.45. The van der Waals surface area contributed by atoms with Crippen molar-refractivity contribution in [2.75, 3.05) is 6.54 Å². The molecule has 0 radical (unpaired) electrons. The van der Waals surface area contributed by atoms with Gasteiger partial charge in [0.2, 0.25) is 5.91 Å². The molecule has 0 saturated heterocycles. The van der Waals surface area contributed by atoms with Crippen molar-refractivity contribution in [1.29, 1.82) is 0 Å². The number of carbonyl (C=O) groups excluding carboxylic acids is 1. The number of pyridine rings is 1. The molecule has 102 valence electrons. The van der Waals surface area contributed by atoms with E-state index in [2.05, 4.69) is 5.32 Å². The fourth-order valence-electron chi connectivity index (χ4n) is 1.34. The van der Waals surface area contributed by atoms with Gasteiger partial charge in [-0.25, -0.2) is 4.79 Å². The first kappa shape index (κ1) is 15.0. The third-order valence-electron chi connectivity index (χ3n) is 2.20. The Morgan fingerprint density at radius 1 is 1.37 bits per heavy atom. The van der Waals surface area contributed by atoms with Gasteiger partial charge >= 0.3 is 5.97 Å². The molecule has 0 atom stereocenters. The first-order valence-electron chi connectivity index (χ1n) is 5.54. The Labute approximate surface area is 114 Å². The van der Waals surface area contributed by atoms with Crippen LogP contribution in [0.5, 0.6) is 0 Å². The van der Waals surface area contributed by atoms with Crippen molar-refractivity contribution >= 4 is 23.5 Å². The van der Waals surface area contributed by atoms with Gasteiger partial charge in [0, 0.05) is 37.5 Å². The van der Waals surface area contributed by atoms with Crippen LogP contribution < -0.4 is 10.9 Å². The van der Waals surface area contributed by atoms with E-state index < -0.39 is 11.9 Å². The van der Waals surface area contributed by atoms with Crippen LogP contribution in [0.1, 0.15) is 6.42 Å². The van der Waals surface area contributed by atoms with Crippen molar-refractivity contribution in [2.45, 2.75) is 13.0 Å². The van der Waals surface area contributed by atoms with E-state index in [9.17, 15) is 14.4 Å². The molecule has 0 bridgehead atoms. The van der Waals surface area contributed by atoms with E-state index in [4.69, 9.17) is 16.7 Å². The second kappa shape index (κ2) is 7.38. The van der Waals surface area contributed by atoms with Gasteiger partial charge in [0.05, 0.1) is 5.02 Å². The maximum absolute atomic E-state index is 11.4. The van der Waals surface area contributed by atoms with Crippen LogP contribution in [-0.4, -0.2) is 28.1 Å². The Balaban J connectivity index is 2.35. The number of amides is 1. The zero-order valence-electron chi connectivity index (χ0n) is 10.0. The highest BCUT2D eigenvalue weighted by molar-refractivity contribution is 6.30. The average molecular weight is 285 g/mol. The third kappa shape index (κ3) is 5.87. The Morgan fingerprint density at radius 2 is 2.11 bits per heavy atom. The highest BCUT2D eigenvalue weighted by Crippen LogP contribution is 2.03. The lowest BCUT2D eigenvalue weighted by atomic mass is 10.3. The Bertz CT molecular complexity index is 551. The molecule has 0 saturated carbocycles. The Hall–Kier alpha value is -2.08. The number of aromatic nitrogens is 1. The highest BCUT2D eigenvalue weighted by Gasteiger charge is 1.99. The number of carboxylic acid groups (broad SMARTS) is 1. The minimum Gasteiger partial charge on any atom is -0.478 e. The first-order chi connectivity index (χ1) is 8.99. The Morgan fingerprint density at radius 3 is 2.79 bits per heavy atom. The van der Waals surface area contributed by atoms with Crippen LogP contribution in [0.2, 0.25) is 5.02 Å². The molecule has 1 aromatic rings. The fraction of sp³-hybridized carbons (Fsp3) is 0.250. The molecule has 0 aliphatic carbocycles. The standard InChI is InChI=1S/C12H13ClN2O4/c13-9-2-4-11(17)15(8-9)7-1-6-14-10(16)3-5-12(18)19/h2-5,8H,1,6-7H2,(H,14,16)(H,18,19)/b5-3+. The number of hydrogen-bond acceptors (Lipinski definition) is 3. The maximum atomic E-state index is 11.4. The summed E-state index contributed by atoms with van der Waals surface area (Å²) in [5.41, 5.74) is -0.165. The van der Waals surface area contributed by atoms with Gasteiger partial charge in [-0.05, 0) is 12.5 Å². The lowest BCUT2D eigenvalue weighted by molar-refractivity contribution is -0.131. The topological polar surface area (TPSA) is 88.4 Å². The molecule has 6 nitrogen and oxygen atoms in total. The molecule has 1 rings (SSSR count). The van der Waals surface area contributed by atoms with Crippen molar-refractivity contribution in [1.82, 2.24) is 9.88 Å². The molecule has 0 fully saturated rings. The lowest BCUT2D eigenvalue weighted by Gasteiger charge is -2.06. The van der Waals surface area contributed by atoms with Gasteiger partial charge in [-0.2, -0.15) is 0 Å². The van der Waals surface area contributed by atoms with E-state index in [1.165, 1.54) is 22.9 Å². The molecule has 0 aliphatic rings. The summed E-state index contributed by atoms with van der Waals surface area (Å²) in [6, 6.07) is 2.88. The second-order valence-electron chi connectivity index (χ2n) is 3.70. The summed E-state index contributed by atoms with van der Waals surface area (Å²) in [6.45, 7) is 0.754.